The summed E-state index contributed by atoms with van der Waals surface area (Å²) in [5.41, 5.74) is 0. The maximum Gasteiger partial charge on any atom is 0.381 e. The van der Waals surface area contributed by atoms with Crippen LogP contribution in [0.3, 0.4) is 0 Å². The Morgan fingerprint density at radius 1 is 1.77 bits per heavy atom. The van der Waals surface area contributed by atoms with Crippen LogP contribution in [0.15, 0.2) is 6.20 Å². The van der Waals surface area contributed by atoms with E-state index >= 15 is 0 Å². The second-order valence-corrected chi connectivity index (χ2v) is 3.12. The monoisotopic (exact) mass is 183 g/mol. The Bertz CT molecular complexity index is 347. The largest absolute Gasteiger partial charge is 0.391 e. The van der Waals surface area contributed by atoms with E-state index in [0.29, 0.717) is 25.2 Å². The molecule has 6 heteroatoms. The standard InChI is InChI=1S/C7H9N3O3/c11-5-1-2-6-8-7(10(12)13)4-9(6)3-5/h4-5,11H,1-3H2/t5-/m1/s1. The van der Waals surface area contributed by atoms with Gasteiger partial charge in [0.25, 0.3) is 0 Å². The highest BCUT2D eigenvalue weighted by Gasteiger charge is 2.24. The van der Waals surface area contributed by atoms with Gasteiger partial charge >= 0.3 is 5.82 Å². The Kier molecular flexibility index (Phi) is 1.77. The molecule has 0 bridgehead atoms. The first-order valence-electron chi connectivity index (χ1n) is 4.05. The molecule has 70 valence electrons. The van der Waals surface area contributed by atoms with E-state index < -0.39 is 11.0 Å². The molecule has 1 aliphatic heterocycles. The van der Waals surface area contributed by atoms with E-state index in [1.54, 1.807) is 4.57 Å². The van der Waals surface area contributed by atoms with Crippen molar-refractivity contribution in [1.82, 2.24) is 9.55 Å². The number of aliphatic hydroxyl groups is 1. The van der Waals surface area contributed by atoms with Gasteiger partial charge in [0.15, 0.2) is 0 Å². The predicted molar refractivity (Wildman–Crippen MR) is 43.2 cm³/mol. The van der Waals surface area contributed by atoms with Crippen molar-refractivity contribution < 1.29 is 10.0 Å². The third-order valence-corrected chi connectivity index (χ3v) is 2.14. The molecule has 0 aromatic carbocycles. The molecule has 0 radical (unpaired) electrons. The molecule has 1 atom stereocenters. The molecular weight excluding hydrogens is 174 g/mol. The van der Waals surface area contributed by atoms with Crippen LogP contribution in [0.4, 0.5) is 5.82 Å². The lowest BCUT2D eigenvalue weighted by Crippen LogP contribution is -2.23. The normalized spacial score (nSPS) is 21.2. The van der Waals surface area contributed by atoms with E-state index in [-0.39, 0.29) is 5.82 Å². The fraction of sp³-hybridized carbons (Fsp3) is 0.571. The highest BCUT2D eigenvalue weighted by atomic mass is 16.6. The molecule has 0 saturated heterocycles. The van der Waals surface area contributed by atoms with Crippen LogP contribution in [-0.4, -0.2) is 25.7 Å². The number of aromatic nitrogens is 2. The Balaban J connectivity index is 2.33. The second kappa shape index (κ2) is 2.81. The minimum absolute atomic E-state index is 0.135. The van der Waals surface area contributed by atoms with Crippen molar-refractivity contribution in [2.75, 3.05) is 0 Å². The van der Waals surface area contributed by atoms with Gasteiger partial charge in [0.1, 0.15) is 6.20 Å². The van der Waals surface area contributed by atoms with Crippen LogP contribution in [0.5, 0.6) is 0 Å². The zero-order valence-corrected chi connectivity index (χ0v) is 6.88. The van der Waals surface area contributed by atoms with Gasteiger partial charge in [-0.15, -0.1) is 0 Å². The van der Waals surface area contributed by atoms with E-state index in [1.807, 2.05) is 0 Å². The molecule has 1 aliphatic rings. The van der Waals surface area contributed by atoms with E-state index in [1.165, 1.54) is 6.20 Å². The third kappa shape index (κ3) is 1.40. The summed E-state index contributed by atoms with van der Waals surface area (Å²) in [4.78, 5) is 13.7. The van der Waals surface area contributed by atoms with Crippen molar-refractivity contribution in [3.8, 4) is 0 Å². The molecule has 1 N–H and O–H groups in total. The Morgan fingerprint density at radius 2 is 2.54 bits per heavy atom. The van der Waals surface area contributed by atoms with Gasteiger partial charge in [0, 0.05) is 6.42 Å². The van der Waals surface area contributed by atoms with Crippen LogP contribution in [0.2, 0.25) is 0 Å². The maximum absolute atomic E-state index is 10.4. The number of rotatable bonds is 1. The van der Waals surface area contributed by atoms with Gasteiger partial charge in [0.2, 0.25) is 5.82 Å². The summed E-state index contributed by atoms with van der Waals surface area (Å²) < 4.78 is 1.65. The van der Waals surface area contributed by atoms with Gasteiger partial charge in [-0.3, -0.25) is 0 Å². The summed E-state index contributed by atoms with van der Waals surface area (Å²) in [6.45, 7) is 0.413. The number of fused-ring (bicyclic) bond motifs is 1. The summed E-state index contributed by atoms with van der Waals surface area (Å²) in [5.74, 6) is 0.557. The maximum atomic E-state index is 10.4. The van der Waals surface area contributed by atoms with Gasteiger partial charge in [-0.05, 0) is 16.3 Å². The van der Waals surface area contributed by atoms with Crippen molar-refractivity contribution in [3.05, 3.63) is 22.1 Å². The summed E-state index contributed by atoms with van der Waals surface area (Å²) in [7, 11) is 0. The summed E-state index contributed by atoms with van der Waals surface area (Å²) in [6.07, 6.45) is 2.21. The first-order valence-corrected chi connectivity index (χ1v) is 4.05. The van der Waals surface area contributed by atoms with E-state index in [4.69, 9.17) is 0 Å². The second-order valence-electron chi connectivity index (χ2n) is 3.12. The number of aryl methyl sites for hydroxylation is 1. The molecule has 2 heterocycles. The van der Waals surface area contributed by atoms with Crippen LogP contribution < -0.4 is 0 Å². The van der Waals surface area contributed by atoms with Crippen molar-refractivity contribution >= 4 is 5.82 Å². The topological polar surface area (TPSA) is 81.2 Å². The van der Waals surface area contributed by atoms with E-state index in [0.717, 1.165) is 0 Å². The first kappa shape index (κ1) is 8.18. The smallest absolute Gasteiger partial charge is 0.381 e. The lowest BCUT2D eigenvalue weighted by Gasteiger charge is -2.15. The van der Waals surface area contributed by atoms with Gasteiger partial charge in [-0.2, -0.15) is 0 Å². The molecule has 0 fully saturated rings. The van der Waals surface area contributed by atoms with Crippen molar-refractivity contribution in [2.45, 2.75) is 25.5 Å². The molecule has 0 amide bonds. The lowest BCUT2D eigenvalue weighted by atomic mass is 10.1. The minimum atomic E-state index is -0.516. The molecule has 0 unspecified atom stereocenters. The zero-order chi connectivity index (χ0) is 9.42. The van der Waals surface area contributed by atoms with Crippen LogP contribution in [0, 0.1) is 10.1 Å². The highest BCUT2D eigenvalue weighted by Crippen LogP contribution is 2.18. The van der Waals surface area contributed by atoms with Gasteiger partial charge in [0.05, 0.1) is 12.6 Å². The number of nitro groups is 1. The fourth-order valence-electron chi connectivity index (χ4n) is 1.50. The zero-order valence-electron chi connectivity index (χ0n) is 6.88. The van der Waals surface area contributed by atoms with Gasteiger partial charge in [-0.25, -0.2) is 0 Å². The number of hydrogen-bond acceptors (Lipinski definition) is 4. The van der Waals surface area contributed by atoms with Crippen LogP contribution in [0.25, 0.3) is 0 Å². The average Bonchev–Trinajstić information content (AvgIpc) is 2.46. The Labute approximate surface area is 74.0 Å². The molecule has 0 saturated carbocycles. The average molecular weight is 183 g/mol. The highest BCUT2D eigenvalue weighted by molar-refractivity contribution is 5.18. The third-order valence-electron chi connectivity index (χ3n) is 2.14. The van der Waals surface area contributed by atoms with Gasteiger partial charge in [-0.1, -0.05) is 0 Å². The van der Waals surface area contributed by atoms with E-state index in [9.17, 15) is 15.2 Å². The molecule has 0 spiro atoms. The number of hydrogen-bond donors (Lipinski definition) is 1. The van der Waals surface area contributed by atoms with Crippen LogP contribution in [0.1, 0.15) is 12.2 Å². The number of imidazole rings is 1. The molecule has 2 rings (SSSR count). The fourth-order valence-corrected chi connectivity index (χ4v) is 1.50. The van der Waals surface area contributed by atoms with Crippen molar-refractivity contribution in [2.24, 2.45) is 0 Å². The summed E-state index contributed by atoms with van der Waals surface area (Å²) >= 11 is 0. The first-order chi connectivity index (χ1) is 6.16. The molecular formula is C7H9N3O3. The Hall–Kier alpha value is -1.43. The summed E-state index contributed by atoms with van der Waals surface area (Å²) in [6, 6.07) is 0. The molecule has 6 nitrogen and oxygen atoms in total. The van der Waals surface area contributed by atoms with Crippen LogP contribution >= 0.6 is 0 Å². The van der Waals surface area contributed by atoms with Crippen molar-refractivity contribution in [1.29, 1.82) is 0 Å². The number of nitrogens with zero attached hydrogens (tertiary/aromatic N) is 3. The lowest BCUT2D eigenvalue weighted by molar-refractivity contribution is -0.389. The predicted octanol–water partition coefficient (Wildman–Crippen LogP) is 0.0984. The number of aliphatic hydroxyl groups excluding tert-OH is 1. The molecule has 0 aliphatic carbocycles. The molecule has 1 aromatic heterocycles. The quantitative estimate of drug-likeness (QED) is 0.494. The van der Waals surface area contributed by atoms with Crippen LogP contribution in [-0.2, 0) is 13.0 Å². The Morgan fingerprint density at radius 3 is 3.23 bits per heavy atom. The molecule has 1 aromatic rings. The molecule has 13 heavy (non-hydrogen) atoms. The van der Waals surface area contributed by atoms with Crippen molar-refractivity contribution in [3.63, 3.8) is 0 Å². The van der Waals surface area contributed by atoms with E-state index in [2.05, 4.69) is 4.98 Å². The van der Waals surface area contributed by atoms with Gasteiger partial charge < -0.3 is 19.8 Å². The summed E-state index contributed by atoms with van der Waals surface area (Å²) in [5, 5.41) is 19.7. The minimum Gasteiger partial charge on any atom is -0.391 e. The SMILES string of the molecule is O=[N+]([O-])c1cn2c(n1)CC[C@@H](O)C2.